The van der Waals surface area contributed by atoms with Gasteiger partial charge in [-0.3, -0.25) is 4.98 Å². The number of aryl methyl sites for hydroxylation is 1. The molecular formula is C15H25NO. The number of aliphatic hydroxyl groups is 1. The highest BCUT2D eigenvalue weighted by Gasteiger charge is 2.04. The largest absolute Gasteiger partial charge is 0.393 e. The van der Waals surface area contributed by atoms with E-state index >= 15 is 0 Å². The molecule has 0 fully saturated rings. The van der Waals surface area contributed by atoms with Gasteiger partial charge in [-0.25, -0.2) is 0 Å². The SMILES string of the molecule is CCCCCCCC(O)CCc1ccccn1. The van der Waals surface area contributed by atoms with Gasteiger partial charge in [-0.15, -0.1) is 0 Å². The van der Waals surface area contributed by atoms with Crippen LogP contribution in [0.25, 0.3) is 0 Å². The second-order valence-corrected chi connectivity index (χ2v) is 4.72. The van der Waals surface area contributed by atoms with Crippen molar-refractivity contribution in [2.45, 2.75) is 64.4 Å². The smallest absolute Gasteiger partial charge is 0.0544 e. The highest BCUT2D eigenvalue weighted by atomic mass is 16.3. The Kier molecular flexibility index (Phi) is 7.65. The first-order valence-electron chi connectivity index (χ1n) is 6.91. The van der Waals surface area contributed by atoms with E-state index in [4.69, 9.17) is 0 Å². The van der Waals surface area contributed by atoms with Crippen LogP contribution in [0.1, 0.15) is 57.6 Å². The molecule has 0 saturated carbocycles. The molecule has 0 aliphatic carbocycles. The summed E-state index contributed by atoms with van der Waals surface area (Å²) in [7, 11) is 0. The van der Waals surface area contributed by atoms with Gasteiger partial charge in [0, 0.05) is 11.9 Å². The second-order valence-electron chi connectivity index (χ2n) is 4.72. The maximum absolute atomic E-state index is 9.84. The lowest BCUT2D eigenvalue weighted by Gasteiger charge is -2.09. The van der Waals surface area contributed by atoms with Crippen LogP contribution in [0.4, 0.5) is 0 Å². The topological polar surface area (TPSA) is 33.1 Å². The number of hydrogen-bond donors (Lipinski definition) is 1. The number of unbranched alkanes of at least 4 members (excludes halogenated alkanes) is 4. The first-order chi connectivity index (χ1) is 8.33. The summed E-state index contributed by atoms with van der Waals surface area (Å²) < 4.78 is 0. The van der Waals surface area contributed by atoms with E-state index in [2.05, 4.69) is 11.9 Å². The molecule has 1 unspecified atom stereocenters. The lowest BCUT2D eigenvalue weighted by Crippen LogP contribution is -2.08. The first-order valence-corrected chi connectivity index (χ1v) is 6.91. The van der Waals surface area contributed by atoms with Crippen molar-refractivity contribution in [3.63, 3.8) is 0 Å². The standard InChI is InChI=1S/C15H25NO/c1-2-3-4-5-6-10-15(17)12-11-14-9-7-8-13-16-14/h7-9,13,15,17H,2-6,10-12H2,1H3. The normalized spacial score (nSPS) is 12.6. The zero-order valence-corrected chi connectivity index (χ0v) is 10.9. The predicted octanol–water partition coefficient (Wildman–Crippen LogP) is 3.74. The maximum Gasteiger partial charge on any atom is 0.0544 e. The average Bonchev–Trinajstić information content (AvgIpc) is 2.37. The Hall–Kier alpha value is -0.890. The summed E-state index contributed by atoms with van der Waals surface area (Å²) in [5.74, 6) is 0. The van der Waals surface area contributed by atoms with Crippen molar-refractivity contribution in [2.75, 3.05) is 0 Å². The third-order valence-corrected chi connectivity index (χ3v) is 3.10. The zero-order valence-electron chi connectivity index (χ0n) is 10.9. The number of nitrogens with zero attached hydrogens (tertiary/aromatic N) is 1. The van der Waals surface area contributed by atoms with Crippen LogP contribution in [0.2, 0.25) is 0 Å². The molecule has 1 heterocycles. The third kappa shape index (κ3) is 7.11. The Morgan fingerprint density at radius 2 is 1.94 bits per heavy atom. The molecule has 0 saturated heterocycles. The summed E-state index contributed by atoms with van der Waals surface area (Å²) in [4.78, 5) is 4.26. The van der Waals surface area contributed by atoms with Crippen LogP contribution in [-0.4, -0.2) is 16.2 Å². The molecule has 1 rings (SSSR count). The van der Waals surface area contributed by atoms with Crippen LogP contribution in [0.15, 0.2) is 24.4 Å². The van der Waals surface area contributed by atoms with Crippen molar-refractivity contribution in [3.05, 3.63) is 30.1 Å². The summed E-state index contributed by atoms with van der Waals surface area (Å²) in [6.07, 6.45) is 10.6. The molecule has 1 aromatic rings. The number of aromatic nitrogens is 1. The minimum atomic E-state index is -0.154. The fourth-order valence-electron chi connectivity index (χ4n) is 1.99. The number of rotatable bonds is 9. The molecule has 2 heteroatoms. The summed E-state index contributed by atoms with van der Waals surface area (Å²) in [6, 6.07) is 5.95. The minimum Gasteiger partial charge on any atom is -0.393 e. The molecular weight excluding hydrogens is 210 g/mol. The van der Waals surface area contributed by atoms with E-state index in [1.165, 1.54) is 25.7 Å². The fraction of sp³-hybridized carbons (Fsp3) is 0.667. The van der Waals surface area contributed by atoms with Crippen molar-refractivity contribution in [2.24, 2.45) is 0 Å². The van der Waals surface area contributed by atoms with Gasteiger partial charge in [0.25, 0.3) is 0 Å². The second kappa shape index (κ2) is 9.17. The molecule has 0 aliphatic heterocycles. The Balaban J connectivity index is 2.03. The molecule has 2 nitrogen and oxygen atoms in total. The molecule has 1 N–H and O–H groups in total. The number of pyridine rings is 1. The number of hydrogen-bond acceptors (Lipinski definition) is 2. The predicted molar refractivity (Wildman–Crippen MR) is 71.9 cm³/mol. The van der Waals surface area contributed by atoms with Crippen LogP contribution >= 0.6 is 0 Å². The Morgan fingerprint density at radius 3 is 2.65 bits per heavy atom. The van der Waals surface area contributed by atoms with Gasteiger partial charge in [0.1, 0.15) is 0 Å². The van der Waals surface area contributed by atoms with E-state index in [-0.39, 0.29) is 6.10 Å². The van der Waals surface area contributed by atoms with E-state index in [0.717, 1.165) is 31.4 Å². The van der Waals surface area contributed by atoms with Crippen molar-refractivity contribution in [1.82, 2.24) is 4.98 Å². The monoisotopic (exact) mass is 235 g/mol. The van der Waals surface area contributed by atoms with Gasteiger partial charge in [-0.1, -0.05) is 45.1 Å². The highest BCUT2D eigenvalue weighted by molar-refractivity contribution is 5.03. The number of aliphatic hydroxyl groups excluding tert-OH is 1. The average molecular weight is 235 g/mol. The van der Waals surface area contributed by atoms with Gasteiger partial charge >= 0.3 is 0 Å². The lowest BCUT2D eigenvalue weighted by atomic mass is 10.0. The van der Waals surface area contributed by atoms with Crippen LogP contribution in [0.3, 0.4) is 0 Å². The zero-order chi connectivity index (χ0) is 12.3. The third-order valence-electron chi connectivity index (χ3n) is 3.10. The van der Waals surface area contributed by atoms with Gasteiger partial charge in [0.2, 0.25) is 0 Å². The molecule has 0 radical (unpaired) electrons. The Labute approximate surface area is 105 Å². The summed E-state index contributed by atoms with van der Waals surface area (Å²) in [6.45, 7) is 2.22. The fourth-order valence-corrected chi connectivity index (χ4v) is 1.99. The van der Waals surface area contributed by atoms with Crippen LogP contribution in [0, 0.1) is 0 Å². The van der Waals surface area contributed by atoms with E-state index in [1.54, 1.807) is 0 Å². The maximum atomic E-state index is 9.84. The van der Waals surface area contributed by atoms with E-state index in [0.29, 0.717) is 0 Å². The van der Waals surface area contributed by atoms with Gasteiger partial charge in [-0.2, -0.15) is 0 Å². The van der Waals surface area contributed by atoms with E-state index in [1.807, 2.05) is 24.4 Å². The van der Waals surface area contributed by atoms with Crippen LogP contribution in [-0.2, 0) is 6.42 Å². The molecule has 0 aliphatic rings. The minimum absolute atomic E-state index is 0.154. The van der Waals surface area contributed by atoms with Crippen molar-refractivity contribution in [1.29, 1.82) is 0 Å². The lowest BCUT2D eigenvalue weighted by molar-refractivity contribution is 0.151. The van der Waals surface area contributed by atoms with Gasteiger partial charge < -0.3 is 5.11 Å². The summed E-state index contributed by atoms with van der Waals surface area (Å²) in [5.41, 5.74) is 1.08. The summed E-state index contributed by atoms with van der Waals surface area (Å²) in [5, 5.41) is 9.84. The van der Waals surface area contributed by atoms with Crippen molar-refractivity contribution < 1.29 is 5.11 Å². The molecule has 0 spiro atoms. The Morgan fingerprint density at radius 1 is 1.12 bits per heavy atom. The van der Waals surface area contributed by atoms with E-state index < -0.39 is 0 Å². The van der Waals surface area contributed by atoms with Crippen LogP contribution in [0.5, 0.6) is 0 Å². The van der Waals surface area contributed by atoms with Crippen molar-refractivity contribution >= 4 is 0 Å². The first kappa shape index (κ1) is 14.2. The molecule has 17 heavy (non-hydrogen) atoms. The summed E-state index contributed by atoms with van der Waals surface area (Å²) >= 11 is 0. The molecule has 96 valence electrons. The molecule has 1 atom stereocenters. The van der Waals surface area contributed by atoms with E-state index in [9.17, 15) is 5.11 Å². The molecule has 0 aromatic carbocycles. The molecule has 0 bridgehead atoms. The quantitative estimate of drug-likeness (QED) is 0.661. The molecule has 1 aromatic heterocycles. The van der Waals surface area contributed by atoms with Gasteiger partial charge in [-0.05, 0) is 31.4 Å². The van der Waals surface area contributed by atoms with Crippen molar-refractivity contribution in [3.8, 4) is 0 Å². The van der Waals surface area contributed by atoms with Gasteiger partial charge in [0.15, 0.2) is 0 Å². The van der Waals surface area contributed by atoms with Gasteiger partial charge in [0.05, 0.1) is 6.10 Å². The Bertz CT molecular complexity index is 274. The highest BCUT2D eigenvalue weighted by Crippen LogP contribution is 2.11. The molecule has 0 amide bonds. The van der Waals surface area contributed by atoms with Crippen LogP contribution < -0.4 is 0 Å².